The number of ether oxygens (including phenoxy) is 1. The molecule has 0 N–H and O–H groups in total. The van der Waals surface area contributed by atoms with Crippen LogP contribution in [0, 0.1) is 6.92 Å². The lowest BCUT2D eigenvalue weighted by Gasteiger charge is -2.18. The zero-order valence-electron chi connectivity index (χ0n) is 15.1. The predicted molar refractivity (Wildman–Crippen MR) is 102 cm³/mol. The molecule has 0 saturated carbocycles. The van der Waals surface area contributed by atoms with Gasteiger partial charge in [0.15, 0.2) is 5.82 Å². The van der Waals surface area contributed by atoms with Crippen LogP contribution in [0.4, 0.5) is 0 Å². The van der Waals surface area contributed by atoms with E-state index in [4.69, 9.17) is 9.15 Å². The predicted octanol–water partition coefficient (Wildman–Crippen LogP) is 4.46. The highest BCUT2D eigenvalue weighted by Crippen LogP contribution is 2.35. The lowest BCUT2D eigenvalue weighted by molar-refractivity contribution is 0.104. The van der Waals surface area contributed by atoms with E-state index in [9.17, 15) is 0 Å². The van der Waals surface area contributed by atoms with Crippen LogP contribution < -0.4 is 0 Å². The lowest BCUT2D eigenvalue weighted by Crippen LogP contribution is -2.07. The van der Waals surface area contributed by atoms with Crippen molar-refractivity contribution in [1.29, 1.82) is 0 Å². The van der Waals surface area contributed by atoms with Crippen molar-refractivity contribution in [1.82, 2.24) is 14.8 Å². The molecule has 0 fully saturated rings. The summed E-state index contributed by atoms with van der Waals surface area (Å²) in [4.78, 5) is 0. The monoisotopic (exact) mass is 357 g/mol. The van der Waals surface area contributed by atoms with E-state index in [-0.39, 0.29) is 0 Å². The molecule has 0 unspecified atom stereocenters. The van der Waals surface area contributed by atoms with Crippen LogP contribution >= 0.6 is 0 Å². The fraction of sp³-hybridized carbons (Fsp3) is 0.182. The van der Waals surface area contributed by atoms with E-state index >= 15 is 0 Å². The molecule has 4 aromatic rings. The van der Waals surface area contributed by atoms with Crippen LogP contribution in [0.25, 0.3) is 16.8 Å². The van der Waals surface area contributed by atoms with Crippen molar-refractivity contribution < 1.29 is 9.15 Å². The Labute approximate surface area is 157 Å². The number of rotatable bonds is 3. The van der Waals surface area contributed by atoms with Gasteiger partial charge in [-0.15, -0.1) is 10.2 Å². The number of benzene rings is 2. The molecule has 0 spiro atoms. The van der Waals surface area contributed by atoms with Gasteiger partial charge in [0.05, 0.1) is 24.8 Å². The van der Waals surface area contributed by atoms with E-state index in [0.717, 1.165) is 29.3 Å². The molecule has 5 nitrogen and oxygen atoms in total. The molecule has 1 aliphatic heterocycles. The Hall–Kier alpha value is -3.18. The lowest BCUT2D eigenvalue weighted by atomic mass is 9.91. The average Bonchev–Trinajstić information content (AvgIpc) is 3.30. The SMILES string of the molecule is Cc1nnc2n1-c1ccc(-c3ccoc3)c(Cc3ccccc3)c1COC2. The average molecular weight is 357 g/mol. The second kappa shape index (κ2) is 6.52. The molecule has 5 heteroatoms. The van der Waals surface area contributed by atoms with Crippen molar-refractivity contribution in [2.24, 2.45) is 0 Å². The van der Waals surface area contributed by atoms with Gasteiger partial charge in [0.2, 0.25) is 0 Å². The van der Waals surface area contributed by atoms with Crippen molar-refractivity contribution in [3.63, 3.8) is 0 Å². The maximum atomic E-state index is 5.96. The van der Waals surface area contributed by atoms with Crippen molar-refractivity contribution in [2.75, 3.05) is 0 Å². The molecule has 5 rings (SSSR count). The Bertz CT molecular complexity index is 1080. The van der Waals surface area contributed by atoms with Crippen molar-refractivity contribution >= 4 is 0 Å². The van der Waals surface area contributed by atoms with Gasteiger partial charge in [-0.3, -0.25) is 4.57 Å². The minimum Gasteiger partial charge on any atom is -0.472 e. The van der Waals surface area contributed by atoms with E-state index in [0.29, 0.717) is 13.2 Å². The molecular formula is C22H19N3O2. The Morgan fingerprint density at radius 1 is 1.00 bits per heavy atom. The van der Waals surface area contributed by atoms with E-state index in [1.54, 1.807) is 12.5 Å². The van der Waals surface area contributed by atoms with Gasteiger partial charge in [0, 0.05) is 11.1 Å². The second-order valence-electron chi connectivity index (χ2n) is 6.76. The number of nitrogens with zero attached hydrogens (tertiary/aromatic N) is 3. The summed E-state index contributed by atoms with van der Waals surface area (Å²) in [6.45, 7) is 2.99. The first-order valence-electron chi connectivity index (χ1n) is 9.01. The molecule has 0 radical (unpaired) electrons. The summed E-state index contributed by atoms with van der Waals surface area (Å²) >= 11 is 0. The zero-order chi connectivity index (χ0) is 18.2. The van der Waals surface area contributed by atoms with Crippen LogP contribution in [0.3, 0.4) is 0 Å². The van der Waals surface area contributed by atoms with Gasteiger partial charge >= 0.3 is 0 Å². The summed E-state index contributed by atoms with van der Waals surface area (Å²) in [6.07, 6.45) is 4.33. The number of furan rings is 1. The standard InChI is InChI=1S/C22H19N3O2/c1-15-23-24-22-14-27-13-20-19(11-16-5-3-2-4-6-16)18(17-9-10-26-12-17)7-8-21(20)25(15)22/h2-10,12H,11,13-14H2,1H3. The molecule has 0 atom stereocenters. The van der Waals surface area contributed by atoms with Crippen molar-refractivity contribution in [3.8, 4) is 16.8 Å². The molecule has 0 bridgehead atoms. The largest absolute Gasteiger partial charge is 0.472 e. The minimum absolute atomic E-state index is 0.460. The second-order valence-corrected chi connectivity index (χ2v) is 6.76. The van der Waals surface area contributed by atoms with E-state index in [2.05, 4.69) is 51.2 Å². The highest BCUT2D eigenvalue weighted by Gasteiger charge is 2.23. The van der Waals surface area contributed by atoms with Crippen LogP contribution in [0.2, 0.25) is 0 Å². The first kappa shape index (κ1) is 16.0. The van der Waals surface area contributed by atoms with Crippen LogP contribution in [0.15, 0.2) is 65.5 Å². The molecule has 27 heavy (non-hydrogen) atoms. The van der Waals surface area contributed by atoms with Crippen LogP contribution in [-0.2, 0) is 24.4 Å². The number of hydrogen-bond donors (Lipinski definition) is 0. The molecule has 3 heterocycles. The molecule has 134 valence electrons. The summed E-state index contributed by atoms with van der Waals surface area (Å²) in [7, 11) is 0. The fourth-order valence-corrected chi connectivity index (χ4v) is 3.80. The normalized spacial score (nSPS) is 13.1. The Morgan fingerprint density at radius 2 is 1.89 bits per heavy atom. The number of aromatic nitrogens is 3. The smallest absolute Gasteiger partial charge is 0.163 e. The Morgan fingerprint density at radius 3 is 2.70 bits per heavy atom. The van der Waals surface area contributed by atoms with E-state index in [1.165, 1.54) is 22.3 Å². The summed E-state index contributed by atoms with van der Waals surface area (Å²) in [5, 5.41) is 8.52. The summed E-state index contributed by atoms with van der Waals surface area (Å²) < 4.78 is 13.4. The minimum atomic E-state index is 0.460. The van der Waals surface area contributed by atoms with E-state index < -0.39 is 0 Å². The highest BCUT2D eigenvalue weighted by atomic mass is 16.5. The maximum Gasteiger partial charge on any atom is 0.163 e. The molecule has 2 aromatic heterocycles. The quantitative estimate of drug-likeness (QED) is 0.543. The molecule has 0 aliphatic carbocycles. The summed E-state index contributed by atoms with van der Waals surface area (Å²) in [5.74, 6) is 1.71. The van der Waals surface area contributed by atoms with Gasteiger partial charge in [0.1, 0.15) is 12.4 Å². The number of aryl methyl sites for hydroxylation is 1. The molecule has 1 aliphatic rings. The maximum absolute atomic E-state index is 5.96. The van der Waals surface area contributed by atoms with Gasteiger partial charge in [-0.25, -0.2) is 0 Å². The van der Waals surface area contributed by atoms with Crippen LogP contribution in [0.1, 0.15) is 28.3 Å². The Kier molecular flexibility index (Phi) is 3.87. The van der Waals surface area contributed by atoms with Crippen LogP contribution in [-0.4, -0.2) is 14.8 Å². The van der Waals surface area contributed by atoms with Gasteiger partial charge in [-0.1, -0.05) is 36.4 Å². The third-order valence-electron chi connectivity index (χ3n) is 5.07. The first-order chi connectivity index (χ1) is 13.3. The molecule has 0 saturated heterocycles. The van der Waals surface area contributed by atoms with Gasteiger partial charge < -0.3 is 9.15 Å². The third-order valence-corrected chi connectivity index (χ3v) is 5.07. The van der Waals surface area contributed by atoms with Crippen molar-refractivity contribution in [2.45, 2.75) is 26.6 Å². The number of fused-ring (bicyclic) bond motifs is 3. The summed E-state index contributed by atoms with van der Waals surface area (Å²) in [6, 6.07) is 16.8. The first-order valence-corrected chi connectivity index (χ1v) is 9.01. The Balaban J connectivity index is 1.74. The topological polar surface area (TPSA) is 53.1 Å². The van der Waals surface area contributed by atoms with Crippen LogP contribution in [0.5, 0.6) is 0 Å². The van der Waals surface area contributed by atoms with E-state index in [1.807, 2.05) is 19.1 Å². The van der Waals surface area contributed by atoms with Gasteiger partial charge in [-0.05, 0) is 42.2 Å². The molecular weight excluding hydrogens is 338 g/mol. The highest BCUT2D eigenvalue weighted by molar-refractivity contribution is 5.71. The zero-order valence-corrected chi connectivity index (χ0v) is 15.1. The summed E-state index contributed by atoms with van der Waals surface area (Å²) in [5.41, 5.74) is 7.04. The molecule has 0 amide bonds. The van der Waals surface area contributed by atoms with Crippen molar-refractivity contribution in [3.05, 3.63) is 89.4 Å². The molecule has 2 aromatic carbocycles. The van der Waals surface area contributed by atoms with Gasteiger partial charge in [-0.2, -0.15) is 0 Å². The third kappa shape index (κ3) is 2.76. The number of hydrogen-bond acceptors (Lipinski definition) is 4. The van der Waals surface area contributed by atoms with Gasteiger partial charge in [0.25, 0.3) is 0 Å². The fourth-order valence-electron chi connectivity index (χ4n) is 3.80.